The Hall–Kier alpha value is -1.10. The average Bonchev–Trinajstić information content (AvgIpc) is 2.27. The molecule has 1 aromatic rings. The lowest BCUT2D eigenvalue weighted by Crippen LogP contribution is -2.34. The van der Waals surface area contributed by atoms with Crippen molar-refractivity contribution < 1.29 is 4.79 Å². The van der Waals surface area contributed by atoms with Gasteiger partial charge in [0.2, 0.25) is 5.91 Å². The van der Waals surface area contributed by atoms with E-state index >= 15 is 0 Å². The van der Waals surface area contributed by atoms with Crippen LogP contribution in [0.1, 0.15) is 13.8 Å². The number of rotatable bonds is 0. The summed E-state index contributed by atoms with van der Waals surface area (Å²) in [5.41, 5.74) is 0.427. The lowest BCUT2D eigenvalue weighted by Gasteiger charge is -2.19. The second kappa shape index (κ2) is 3.48. The monoisotopic (exact) mass is 269 g/mol. The SMILES string of the molecule is CC1(C)CNc2cc(Br)cnc2NC1=O. The van der Waals surface area contributed by atoms with E-state index in [-0.39, 0.29) is 5.91 Å². The summed E-state index contributed by atoms with van der Waals surface area (Å²) in [6.45, 7) is 4.40. The van der Waals surface area contributed by atoms with Crippen LogP contribution >= 0.6 is 15.9 Å². The van der Waals surface area contributed by atoms with Gasteiger partial charge >= 0.3 is 0 Å². The topological polar surface area (TPSA) is 54.0 Å². The lowest BCUT2D eigenvalue weighted by molar-refractivity contribution is -0.123. The Morgan fingerprint density at radius 2 is 2.27 bits per heavy atom. The quantitative estimate of drug-likeness (QED) is 0.760. The average molecular weight is 270 g/mol. The number of hydrogen-bond acceptors (Lipinski definition) is 3. The van der Waals surface area contributed by atoms with Gasteiger partial charge in [0, 0.05) is 17.2 Å². The molecular weight excluding hydrogens is 258 g/mol. The van der Waals surface area contributed by atoms with Crippen molar-refractivity contribution >= 4 is 33.3 Å². The zero-order valence-electron chi connectivity index (χ0n) is 8.60. The number of anilines is 2. The minimum absolute atomic E-state index is 0.0106. The zero-order chi connectivity index (χ0) is 11.1. The van der Waals surface area contributed by atoms with Gasteiger partial charge in [0.25, 0.3) is 0 Å². The van der Waals surface area contributed by atoms with Crippen LogP contribution in [0.5, 0.6) is 0 Å². The van der Waals surface area contributed by atoms with E-state index < -0.39 is 5.41 Å². The molecule has 5 heteroatoms. The molecule has 0 fully saturated rings. The van der Waals surface area contributed by atoms with E-state index in [2.05, 4.69) is 31.5 Å². The molecular formula is C10H12BrN3O. The number of nitrogens with one attached hydrogen (secondary N) is 2. The number of pyridine rings is 1. The van der Waals surface area contributed by atoms with Gasteiger partial charge in [0.15, 0.2) is 5.82 Å². The largest absolute Gasteiger partial charge is 0.381 e. The Bertz CT molecular complexity index is 417. The molecule has 2 heterocycles. The van der Waals surface area contributed by atoms with Crippen LogP contribution < -0.4 is 10.6 Å². The van der Waals surface area contributed by atoms with E-state index in [1.54, 1.807) is 6.20 Å². The maximum atomic E-state index is 11.8. The molecule has 0 saturated carbocycles. The minimum atomic E-state index is -0.423. The van der Waals surface area contributed by atoms with Crippen molar-refractivity contribution in [3.05, 3.63) is 16.7 Å². The fourth-order valence-electron chi connectivity index (χ4n) is 1.35. The van der Waals surface area contributed by atoms with Crippen LogP contribution in [-0.2, 0) is 4.79 Å². The van der Waals surface area contributed by atoms with Crippen molar-refractivity contribution in [2.75, 3.05) is 17.2 Å². The number of carbonyl (C=O) groups excluding carboxylic acids is 1. The summed E-state index contributed by atoms with van der Waals surface area (Å²) in [5.74, 6) is 0.581. The molecule has 1 aliphatic rings. The van der Waals surface area contributed by atoms with Gasteiger partial charge in [-0.05, 0) is 35.8 Å². The van der Waals surface area contributed by atoms with E-state index in [9.17, 15) is 4.79 Å². The van der Waals surface area contributed by atoms with E-state index in [1.807, 2.05) is 19.9 Å². The molecule has 0 atom stereocenters. The predicted octanol–water partition coefficient (Wildman–Crippen LogP) is 2.23. The van der Waals surface area contributed by atoms with Crippen LogP contribution in [0.15, 0.2) is 16.7 Å². The van der Waals surface area contributed by atoms with Crippen molar-refractivity contribution in [1.29, 1.82) is 0 Å². The summed E-state index contributed by atoms with van der Waals surface area (Å²) in [6, 6.07) is 1.91. The van der Waals surface area contributed by atoms with Crippen LogP contribution in [0.4, 0.5) is 11.5 Å². The molecule has 2 N–H and O–H groups in total. The molecule has 0 radical (unpaired) electrons. The highest BCUT2D eigenvalue weighted by Gasteiger charge is 2.31. The number of amides is 1. The lowest BCUT2D eigenvalue weighted by atomic mass is 9.93. The zero-order valence-corrected chi connectivity index (χ0v) is 10.2. The summed E-state index contributed by atoms with van der Waals surface area (Å²) < 4.78 is 0.891. The first-order chi connectivity index (χ1) is 6.99. The molecule has 1 amide bonds. The summed E-state index contributed by atoms with van der Waals surface area (Å²) in [6.07, 6.45) is 1.67. The highest BCUT2D eigenvalue weighted by atomic mass is 79.9. The van der Waals surface area contributed by atoms with Crippen LogP contribution in [-0.4, -0.2) is 17.4 Å². The van der Waals surface area contributed by atoms with Crippen molar-refractivity contribution in [2.45, 2.75) is 13.8 Å². The third kappa shape index (κ3) is 1.97. The number of nitrogens with zero attached hydrogens (tertiary/aromatic N) is 1. The fraction of sp³-hybridized carbons (Fsp3) is 0.400. The first-order valence-electron chi connectivity index (χ1n) is 4.70. The molecule has 4 nitrogen and oxygen atoms in total. The van der Waals surface area contributed by atoms with Crippen molar-refractivity contribution in [3.63, 3.8) is 0 Å². The highest BCUT2D eigenvalue weighted by molar-refractivity contribution is 9.10. The Kier molecular flexibility index (Phi) is 2.42. The van der Waals surface area contributed by atoms with Gasteiger partial charge in [-0.15, -0.1) is 0 Å². The van der Waals surface area contributed by atoms with Gasteiger partial charge < -0.3 is 10.6 Å². The second-order valence-corrected chi connectivity index (χ2v) is 5.16. The number of halogens is 1. The maximum Gasteiger partial charge on any atom is 0.233 e. The summed E-state index contributed by atoms with van der Waals surface area (Å²) in [4.78, 5) is 15.9. The Morgan fingerprint density at radius 1 is 1.53 bits per heavy atom. The smallest absolute Gasteiger partial charge is 0.233 e. The second-order valence-electron chi connectivity index (χ2n) is 4.24. The predicted molar refractivity (Wildman–Crippen MR) is 62.8 cm³/mol. The molecule has 0 bridgehead atoms. The summed E-state index contributed by atoms with van der Waals surface area (Å²) in [5, 5.41) is 6.02. The van der Waals surface area contributed by atoms with Gasteiger partial charge in [0.05, 0.1) is 11.1 Å². The molecule has 0 aliphatic carbocycles. The molecule has 1 aromatic heterocycles. The van der Waals surface area contributed by atoms with Crippen molar-refractivity contribution in [3.8, 4) is 0 Å². The Labute approximate surface area is 96.6 Å². The fourth-order valence-corrected chi connectivity index (χ4v) is 1.68. The van der Waals surface area contributed by atoms with E-state index in [4.69, 9.17) is 0 Å². The molecule has 0 unspecified atom stereocenters. The van der Waals surface area contributed by atoms with E-state index in [0.29, 0.717) is 12.4 Å². The van der Waals surface area contributed by atoms with Crippen molar-refractivity contribution in [1.82, 2.24) is 4.98 Å². The molecule has 0 saturated heterocycles. The molecule has 0 spiro atoms. The maximum absolute atomic E-state index is 11.8. The van der Waals surface area contributed by atoms with Gasteiger partial charge in [0.1, 0.15) is 0 Å². The van der Waals surface area contributed by atoms with Crippen molar-refractivity contribution in [2.24, 2.45) is 5.41 Å². The normalized spacial score (nSPS) is 18.5. The number of aromatic nitrogens is 1. The first kappa shape index (κ1) is 10.4. The Balaban J connectivity index is 2.40. The highest BCUT2D eigenvalue weighted by Crippen LogP contribution is 2.29. The molecule has 1 aliphatic heterocycles. The van der Waals surface area contributed by atoms with Crippen LogP contribution in [0.25, 0.3) is 0 Å². The minimum Gasteiger partial charge on any atom is -0.381 e. The third-order valence-electron chi connectivity index (χ3n) is 2.42. The van der Waals surface area contributed by atoms with E-state index in [0.717, 1.165) is 10.2 Å². The Morgan fingerprint density at radius 3 is 3.00 bits per heavy atom. The number of fused-ring (bicyclic) bond motifs is 1. The van der Waals surface area contributed by atoms with Gasteiger partial charge in [-0.1, -0.05) is 0 Å². The summed E-state index contributed by atoms with van der Waals surface area (Å²) >= 11 is 3.34. The van der Waals surface area contributed by atoms with Gasteiger partial charge in [-0.2, -0.15) is 0 Å². The number of carbonyl (C=O) groups is 1. The van der Waals surface area contributed by atoms with E-state index in [1.165, 1.54) is 0 Å². The molecule has 0 aromatic carbocycles. The standard InChI is InChI=1S/C10H12BrN3O/c1-10(2)5-13-7-3-6(11)4-12-8(7)14-9(10)15/h3-4,13H,5H2,1-2H3,(H,12,14,15). The molecule has 15 heavy (non-hydrogen) atoms. The molecule has 80 valence electrons. The van der Waals surface area contributed by atoms with Crippen LogP contribution in [0.2, 0.25) is 0 Å². The third-order valence-corrected chi connectivity index (χ3v) is 2.86. The first-order valence-corrected chi connectivity index (χ1v) is 5.49. The van der Waals surface area contributed by atoms with Gasteiger partial charge in [-0.25, -0.2) is 4.98 Å². The van der Waals surface area contributed by atoms with Crippen LogP contribution in [0.3, 0.4) is 0 Å². The van der Waals surface area contributed by atoms with Crippen LogP contribution in [0, 0.1) is 5.41 Å². The van der Waals surface area contributed by atoms with Gasteiger partial charge in [-0.3, -0.25) is 4.79 Å². The number of hydrogen-bond donors (Lipinski definition) is 2. The molecule has 2 rings (SSSR count). The summed E-state index contributed by atoms with van der Waals surface area (Å²) in [7, 11) is 0.